The Hall–Kier alpha value is -8.60. The molecule has 10 aromatic carbocycles. The van der Waals surface area contributed by atoms with Crippen molar-refractivity contribution in [1.82, 2.24) is 13.7 Å². The average molecular weight is 816 g/mol. The molecule has 0 bridgehead atoms. The zero-order valence-electron chi connectivity index (χ0n) is 34.6. The first kappa shape index (κ1) is 35.0. The summed E-state index contributed by atoms with van der Waals surface area (Å²) in [6, 6.07) is 81.5. The molecule has 0 radical (unpaired) electrons. The molecule has 4 heteroatoms. The van der Waals surface area contributed by atoms with Gasteiger partial charge in [-0.25, -0.2) is 0 Å². The first-order valence-corrected chi connectivity index (χ1v) is 21.9. The summed E-state index contributed by atoms with van der Waals surface area (Å²) < 4.78 is 14.1. The Labute approximate surface area is 367 Å². The normalized spacial score (nSPS) is 12.1. The summed E-state index contributed by atoms with van der Waals surface area (Å²) in [4.78, 5) is 0. The highest BCUT2D eigenvalue weighted by Gasteiger charge is 2.24. The minimum absolute atomic E-state index is 0.886. The van der Waals surface area contributed by atoms with Crippen LogP contribution in [0.2, 0.25) is 0 Å². The number of nitrogens with zero attached hydrogens (tertiary/aromatic N) is 3. The third-order valence-corrected chi connectivity index (χ3v) is 13.4. The Morgan fingerprint density at radius 3 is 1.42 bits per heavy atom. The lowest BCUT2D eigenvalue weighted by molar-refractivity contribution is 0.670. The van der Waals surface area contributed by atoms with Gasteiger partial charge in [0.05, 0.1) is 33.1 Å². The molecule has 64 heavy (non-hydrogen) atoms. The van der Waals surface area contributed by atoms with Crippen molar-refractivity contribution >= 4 is 87.4 Å². The van der Waals surface area contributed by atoms with Gasteiger partial charge in [0.1, 0.15) is 11.2 Å². The third-order valence-electron chi connectivity index (χ3n) is 13.4. The van der Waals surface area contributed by atoms with Gasteiger partial charge in [-0.15, -0.1) is 0 Å². The van der Waals surface area contributed by atoms with Gasteiger partial charge >= 0.3 is 0 Å². The quantitative estimate of drug-likeness (QED) is 0.170. The van der Waals surface area contributed by atoms with Crippen molar-refractivity contribution in [3.63, 3.8) is 0 Å². The Balaban J connectivity index is 1.12. The first-order valence-electron chi connectivity index (χ1n) is 21.9. The predicted octanol–water partition coefficient (Wildman–Crippen LogP) is 16.2. The van der Waals surface area contributed by atoms with Gasteiger partial charge in [-0.05, 0) is 90.0 Å². The van der Waals surface area contributed by atoms with Crippen LogP contribution in [-0.2, 0) is 0 Å². The van der Waals surface area contributed by atoms with E-state index in [4.69, 9.17) is 4.42 Å². The molecule has 0 amide bonds. The van der Waals surface area contributed by atoms with E-state index in [0.29, 0.717) is 0 Å². The van der Waals surface area contributed by atoms with E-state index in [0.717, 1.165) is 66.8 Å². The van der Waals surface area contributed by atoms with Crippen molar-refractivity contribution in [3.8, 4) is 39.3 Å². The molecule has 14 rings (SSSR count). The molecule has 0 aliphatic heterocycles. The van der Waals surface area contributed by atoms with Gasteiger partial charge < -0.3 is 18.1 Å². The lowest BCUT2D eigenvalue weighted by Crippen LogP contribution is -1.98. The third kappa shape index (κ3) is 4.93. The molecule has 4 heterocycles. The fraction of sp³-hybridized carbons (Fsp3) is 0. The summed E-state index contributed by atoms with van der Waals surface area (Å²) >= 11 is 0. The number of aromatic nitrogens is 3. The molecule has 0 unspecified atom stereocenters. The van der Waals surface area contributed by atoms with Crippen molar-refractivity contribution in [2.45, 2.75) is 0 Å². The molecule has 0 atom stereocenters. The van der Waals surface area contributed by atoms with E-state index in [2.05, 4.69) is 238 Å². The number of hydrogen-bond donors (Lipinski definition) is 0. The van der Waals surface area contributed by atoms with Crippen LogP contribution in [0.4, 0.5) is 0 Å². The average Bonchev–Trinajstić information content (AvgIpc) is 4.10. The van der Waals surface area contributed by atoms with Gasteiger partial charge in [0.15, 0.2) is 0 Å². The lowest BCUT2D eigenvalue weighted by atomic mass is 9.90. The van der Waals surface area contributed by atoms with E-state index in [1.807, 2.05) is 0 Å². The van der Waals surface area contributed by atoms with Crippen LogP contribution < -0.4 is 0 Å². The van der Waals surface area contributed by atoms with Crippen molar-refractivity contribution in [2.75, 3.05) is 0 Å². The molecule has 0 aliphatic rings. The molecule has 4 aromatic heterocycles. The molecule has 0 N–H and O–H groups in total. The molecular weight excluding hydrogens is 779 g/mol. The first-order chi connectivity index (χ1) is 31.8. The second-order valence-corrected chi connectivity index (χ2v) is 16.8. The van der Waals surface area contributed by atoms with Gasteiger partial charge in [-0.1, -0.05) is 146 Å². The SMILES string of the molecule is c1ccc(-n2c3ccccc3c3cc(-n4c5ccccc5c5cccc(-c6cc7c8ccccc8n(-c8ccccc8)c7cc6-c6cccc7c6oc6ccccc67)c54)ccc32)cc1. The number of para-hydroxylation sites is 8. The molecule has 298 valence electrons. The fourth-order valence-electron chi connectivity index (χ4n) is 10.7. The van der Waals surface area contributed by atoms with Crippen LogP contribution in [0.3, 0.4) is 0 Å². The van der Waals surface area contributed by atoms with E-state index in [9.17, 15) is 0 Å². The van der Waals surface area contributed by atoms with Crippen LogP contribution in [0.25, 0.3) is 127 Å². The fourth-order valence-corrected chi connectivity index (χ4v) is 10.7. The summed E-state index contributed by atoms with van der Waals surface area (Å²) in [6.07, 6.45) is 0. The number of furan rings is 1. The maximum absolute atomic E-state index is 6.84. The maximum atomic E-state index is 6.84. The minimum atomic E-state index is 0.886. The highest BCUT2D eigenvalue weighted by Crippen LogP contribution is 2.47. The van der Waals surface area contributed by atoms with Gasteiger partial charge in [0.25, 0.3) is 0 Å². The molecule has 14 aromatic rings. The topological polar surface area (TPSA) is 27.9 Å². The highest BCUT2D eigenvalue weighted by atomic mass is 16.3. The zero-order chi connectivity index (χ0) is 41.9. The summed E-state index contributed by atoms with van der Waals surface area (Å²) in [7, 11) is 0. The van der Waals surface area contributed by atoms with Gasteiger partial charge in [0, 0.05) is 71.3 Å². The number of hydrogen-bond acceptors (Lipinski definition) is 1. The van der Waals surface area contributed by atoms with Crippen LogP contribution in [-0.4, -0.2) is 13.7 Å². The highest BCUT2D eigenvalue weighted by molar-refractivity contribution is 6.20. The Bertz CT molecular complexity index is 4180. The van der Waals surface area contributed by atoms with Crippen molar-refractivity contribution in [2.24, 2.45) is 0 Å². The predicted molar refractivity (Wildman–Crippen MR) is 268 cm³/mol. The van der Waals surface area contributed by atoms with Crippen LogP contribution in [0.5, 0.6) is 0 Å². The van der Waals surface area contributed by atoms with Crippen LogP contribution in [0, 0.1) is 0 Å². The molecule has 0 saturated carbocycles. The Kier molecular flexibility index (Phi) is 7.36. The smallest absolute Gasteiger partial charge is 0.143 e. The largest absolute Gasteiger partial charge is 0.455 e. The lowest BCUT2D eigenvalue weighted by Gasteiger charge is -2.17. The van der Waals surface area contributed by atoms with Gasteiger partial charge in [0.2, 0.25) is 0 Å². The number of fused-ring (bicyclic) bond motifs is 12. The van der Waals surface area contributed by atoms with Crippen molar-refractivity contribution < 1.29 is 4.42 Å². The zero-order valence-corrected chi connectivity index (χ0v) is 34.6. The van der Waals surface area contributed by atoms with E-state index in [1.54, 1.807) is 0 Å². The molecule has 4 nitrogen and oxygen atoms in total. The van der Waals surface area contributed by atoms with Gasteiger partial charge in [-0.2, -0.15) is 0 Å². The summed E-state index contributed by atoms with van der Waals surface area (Å²) in [5.74, 6) is 0. The van der Waals surface area contributed by atoms with E-state index < -0.39 is 0 Å². The van der Waals surface area contributed by atoms with E-state index in [-0.39, 0.29) is 0 Å². The molecule has 0 spiro atoms. The summed E-state index contributed by atoms with van der Waals surface area (Å²) in [5.41, 5.74) is 16.7. The minimum Gasteiger partial charge on any atom is -0.455 e. The van der Waals surface area contributed by atoms with Crippen LogP contribution in [0.15, 0.2) is 229 Å². The molecular formula is C60H37N3O. The maximum Gasteiger partial charge on any atom is 0.143 e. The second-order valence-electron chi connectivity index (χ2n) is 16.8. The van der Waals surface area contributed by atoms with Crippen LogP contribution in [0.1, 0.15) is 0 Å². The van der Waals surface area contributed by atoms with Crippen LogP contribution >= 0.6 is 0 Å². The number of benzene rings is 10. The van der Waals surface area contributed by atoms with Gasteiger partial charge in [-0.3, -0.25) is 0 Å². The monoisotopic (exact) mass is 815 g/mol. The summed E-state index contributed by atoms with van der Waals surface area (Å²) in [5, 5.41) is 9.51. The van der Waals surface area contributed by atoms with Crippen molar-refractivity contribution in [1.29, 1.82) is 0 Å². The van der Waals surface area contributed by atoms with E-state index >= 15 is 0 Å². The van der Waals surface area contributed by atoms with E-state index in [1.165, 1.54) is 59.9 Å². The summed E-state index contributed by atoms with van der Waals surface area (Å²) in [6.45, 7) is 0. The van der Waals surface area contributed by atoms with Crippen molar-refractivity contribution in [3.05, 3.63) is 224 Å². The Morgan fingerprint density at radius 1 is 0.250 bits per heavy atom. The number of rotatable bonds is 5. The molecule has 0 saturated heterocycles. The molecule has 0 fully saturated rings. The standard InChI is InChI=1S/C60H37N3O/c1-3-17-38(18-4-1)61-53-29-11-8-22-42(53)51-35-40(33-34-56(51)61)63-55-31-13-7-21-41(55)45-25-15-26-46(59(45)63)49-36-52-43-23-9-12-30-54(43)62(39-19-5-2-6-20-39)57(52)37-50(49)48-28-16-27-47-44-24-10-14-32-58(44)64-60(47)48/h1-37H. The Morgan fingerprint density at radius 2 is 0.734 bits per heavy atom. The molecule has 0 aliphatic carbocycles. The second kappa shape index (κ2) is 13.4.